The summed E-state index contributed by atoms with van der Waals surface area (Å²) in [6, 6.07) is 10.6. The maximum Gasteiger partial charge on any atom is 0.321 e. The number of hydrogen-bond donors (Lipinski definition) is 3. The number of amides is 2. The predicted molar refractivity (Wildman–Crippen MR) is 101 cm³/mol. The van der Waals surface area contributed by atoms with E-state index in [9.17, 15) is 4.79 Å². The number of urea groups is 1. The SMILES string of the molecule is Cc1cc(C)n(-c2ccccc2NC(=O)N2CCC3NNC(C)C3C2)n1. The number of piperidine rings is 1. The molecule has 1 aromatic carbocycles. The Bertz CT molecular complexity index is 816. The summed E-state index contributed by atoms with van der Waals surface area (Å²) in [5, 5.41) is 7.64. The molecule has 0 bridgehead atoms. The normalized spacial score (nSPS) is 25.2. The number of rotatable bonds is 2. The van der Waals surface area contributed by atoms with Gasteiger partial charge in [-0.25, -0.2) is 9.48 Å². The molecule has 3 atom stereocenters. The second-order valence-corrected chi connectivity index (χ2v) is 7.37. The quantitative estimate of drug-likeness (QED) is 0.773. The number of nitrogens with zero attached hydrogens (tertiary/aromatic N) is 3. The van der Waals surface area contributed by atoms with E-state index in [-0.39, 0.29) is 6.03 Å². The van der Waals surface area contributed by atoms with Gasteiger partial charge in [0.25, 0.3) is 0 Å². The van der Waals surface area contributed by atoms with Crippen molar-refractivity contribution < 1.29 is 4.79 Å². The highest BCUT2D eigenvalue weighted by molar-refractivity contribution is 5.91. The molecule has 2 aromatic rings. The first-order valence-corrected chi connectivity index (χ1v) is 9.22. The number of carbonyl (C=O) groups is 1. The summed E-state index contributed by atoms with van der Waals surface area (Å²) in [5.41, 5.74) is 10.3. The van der Waals surface area contributed by atoms with E-state index in [1.165, 1.54) is 0 Å². The van der Waals surface area contributed by atoms with Crippen LogP contribution in [0.5, 0.6) is 0 Å². The van der Waals surface area contributed by atoms with Crippen LogP contribution in [-0.4, -0.2) is 45.9 Å². The van der Waals surface area contributed by atoms with Gasteiger partial charge in [-0.3, -0.25) is 10.9 Å². The highest BCUT2D eigenvalue weighted by Gasteiger charge is 2.38. The molecule has 0 spiro atoms. The highest BCUT2D eigenvalue weighted by Crippen LogP contribution is 2.26. The van der Waals surface area contributed by atoms with Crippen molar-refractivity contribution in [1.82, 2.24) is 25.5 Å². The summed E-state index contributed by atoms with van der Waals surface area (Å²) in [6.07, 6.45) is 0.967. The van der Waals surface area contributed by atoms with E-state index in [2.05, 4.69) is 28.2 Å². The van der Waals surface area contributed by atoms with Crippen LogP contribution in [0.4, 0.5) is 10.5 Å². The number of benzene rings is 1. The van der Waals surface area contributed by atoms with Gasteiger partial charge in [0.1, 0.15) is 0 Å². The number of carbonyl (C=O) groups excluding carboxylic acids is 1. The number of aryl methyl sites for hydroxylation is 2. The van der Waals surface area contributed by atoms with Crippen LogP contribution >= 0.6 is 0 Å². The molecule has 4 rings (SSSR count). The molecule has 138 valence electrons. The number of para-hydroxylation sites is 2. The predicted octanol–water partition coefficient (Wildman–Crippen LogP) is 2.21. The first-order valence-electron chi connectivity index (χ1n) is 9.22. The van der Waals surface area contributed by atoms with Crippen molar-refractivity contribution in [1.29, 1.82) is 0 Å². The molecule has 1 aromatic heterocycles. The zero-order valence-electron chi connectivity index (χ0n) is 15.5. The van der Waals surface area contributed by atoms with E-state index in [4.69, 9.17) is 0 Å². The Hall–Kier alpha value is -2.38. The molecule has 3 N–H and O–H groups in total. The standard InChI is InChI=1S/C19H26N6O/c1-12-10-13(2)25(23-12)18-7-5-4-6-17(18)20-19(26)24-9-8-16-15(11-24)14(3)21-22-16/h4-7,10,14-16,21-22H,8-9,11H2,1-3H3,(H,20,26). The van der Waals surface area contributed by atoms with Crippen molar-refractivity contribution in [2.75, 3.05) is 18.4 Å². The van der Waals surface area contributed by atoms with Crippen LogP contribution in [-0.2, 0) is 0 Å². The van der Waals surface area contributed by atoms with E-state index in [0.717, 1.165) is 42.3 Å². The highest BCUT2D eigenvalue weighted by atomic mass is 16.2. The monoisotopic (exact) mass is 354 g/mol. The Kier molecular flexibility index (Phi) is 4.42. The van der Waals surface area contributed by atoms with Crippen LogP contribution in [0.2, 0.25) is 0 Å². The van der Waals surface area contributed by atoms with E-state index in [1.54, 1.807) is 0 Å². The average molecular weight is 354 g/mol. The Morgan fingerprint density at radius 2 is 2.08 bits per heavy atom. The van der Waals surface area contributed by atoms with Gasteiger partial charge in [-0.15, -0.1) is 0 Å². The fourth-order valence-corrected chi connectivity index (χ4v) is 4.03. The minimum Gasteiger partial charge on any atom is -0.324 e. The fourth-order valence-electron chi connectivity index (χ4n) is 4.03. The topological polar surface area (TPSA) is 74.2 Å². The lowest BCUT2D eigenvalue weighted by molar-refractivity contribution is 0.167. The minimum atomic E-state index is -0.0449. The second-order valence-electron chi connectivity index (χ2n) is 7.37. The van der Waals surface area contributed by atoms with Gasteiger partial charge in [0.05, 0.1) is 17.1 Å². The van der Waals surface area contributed by atoms with Crippen molar-refractivity contribution in [2.24, 2.45) is 5.92 Å². The third-order valence-corrected chi connectivity index (χ3v) is 5.47. The molecule has 0 radical (unpaired) electrons. The molecule has 3 unspecified atom stereocenters. The van der Waals surface area contributed by atoms with Gasteiger partial charge in [0, 0.05) is 36.8 Å². The van der Waals surface area contributed by atoms with Gasteiger partial charge in [-0.1, -0.05) is 12.1 Å². The van der Waals surface area contributed by atoms with Gasteiger partial charge in [-0.2, -0.15) is 5.10 Å². The summed E-state index contributed by atoms with van der Waals surface area (Å²) in [5.74, 6) is 0.445. The molecule has 26 heavy (non-hydrogen) atoms. The van der Waals surface area contributed by atoms with Gasteiger partial charge in [0.15, 0.2) is 0 Å². The molecule has 0 saturated carbocycles. The summed E-state index contributed by atoms with van der Waals surface area (Å²) in [6.45, 7) is 7.68. The van der Waals surface area contributed by atoms with Crippen molar-refractivity contribution in [3.63, 3.8) is 0 Å². The summed E-state index contributed by atoms with van der Waals surface area (Å²) >= 11 is 0. The maximum absolute atomic E-state index is 12.9. The molecule has 2 amide bonds. The van der Waals surface area contributed by atoms with Crippen LogP contribution in [0.3, 0.4) is 0 Å². The number of likely N-dealkylation sites (tertiary alicyclic amines) is 1. The number of hydrogen-bond acceptors (Lipinski definition) is 4. The zero-order valence-corrected chi connectivity index (χ0v) is 15.5. The van der Waals surface area contributed by atoms with Gasteiger partial charge in [-0.05, 0) is 45.4 Å². The first-order chi connectivity index (χ1) is 12.5. The molecule has 7 nitrogen and oxygen atoms in total. The van der Waals surface area contributed by atoms with E-state index in [1.807, 2.05) is 53.8 Å². The zero-order chi connectivity index (χ0) is 18.3. The van der Waals surface area contributed by atoms with Gasteiger partial charge < -0.3 is 10.2 Å². The molecular formula is C19H26N6O. The molecule has 2 aliphatic rings. The number of anilines is 1. The fraction of sp³-hybridized carbons (Fsp3) is 0.474. The third-order valence-electron chi connectivity index (χ3n) is 5.47. The molecule has 3 heterocycles. The largest absolute Gasteiger partial charge is 0.324 e. The average Bonchev–Trinajstić information content (AvgIpc) is 3.17. The smallest absolute Gasteiger partial charge is 0.321 e. The maximum atomic E-state index is 12.9. The summed E-state index contributed by atoms with van der Waals surface area (Å²) < 4.78 is 1.88. The number of hydrazine groups is 1. The minimum absolute atomic E-state index is 0.0449. The van der Waals surface area contributed by atoms with Crippen LogP contribution in [0, 0.1) is 19.8 Å². The third kappa shape index (κ3) is 3.08. The van der Waals surface area contributed by atoms with E-state index in [0.29, 0.717) is 18.0 Å². The molecule has 2 fully saturated rings. The lowest BCUT2D eigenvalue weighted by atomic mass is 9.89. The van der Waals surface area contributed by atoms with Crippen LogP contribution in [0.25, 0.3) is 5.69 Å². The Labute approximate surface area is 153 Å². The summed E-state index contributed by atoms with van der Waals surface area (Å²) in [4.78, 5) is 14.8. The van der Waals surface area contributed by atoms with E-state index < -0.39 is 0 Å². The van der Waals surface area contributed by atoms with Crippen LogP contribution in [0.1, 0.15) is 24.7 Å². The lowest BCUT2D eigenvalue weighted by Gasteiger charge is -2.35. The molecule has 0 aliphatic carbocycles. The second kappa shape index (κ2) is 6.74. The van der Waals surface area contributed by atoms with Crippen molar-refractivity contribution in [3.8, 4) is 5.69 Å². The Morgan fingerprint density at radius 3 is 2.85 bits per heavy atom. The van der Waals surface area contributed by atoms with Crippen LogP contribution < -0.4 is 16.2 Å². The van der Waals surface area contributed by atoms with Crippen molar-refractivity contribution in [2.45, 2.75) is 39.3 Å². The van der Waals surface area contributed by atoms with Gasteiger partial charge >= 0.3 is 6.03 Å². The Balaban J connectivity index is 1.53. The number of aromatic nitrogens is 2. The van der Waals surface area contributed by atoms with Crippen molar-refractivity contribution in [3.05, 3.63) is 41.7 Å². The molecular weight excluding hydrogens is 328 g/mol. The molecule has 2 aliphatic heterocycles. The number of fused-ring (bicyclic) bond motifs is 1. The first kappa shape index (κ1) is 17.1. The van der Waals surface area contributed by atoms with Gasteiger partial charge in [0.2, 0.25) is 0 Å². The van der Waals surface area contributed by atoms with E-state index >= 15 is 0 Å². The van der Waals surface area contributed by atoms with Crippen LogP contribution in [0.15, 0.2) is 30.3 Å². The molecule has 2 saturated heterocycles. The summed E-state index contributed by atoms with van der Waals surface area (Å²) in [7, 11) is 0. The number of nitrogens with one attached hydrogen (secondary N) is 3. The molecule has 7 heteroatoms. The van der Waals surface area contributed by atoms with Crippen molar-refractivity contribution >= 4 is 11.7 Å². The lowest BCUT2D eigenvalue weighted by Crippen LogP contribution is -2.49. The Morgan fingerprint density at radius 1 is 1.27 bits per heavy atom.